The monoisotopic (exact) mass is 450 g/mol. The number of hydrogen-bond acceptors (Lipinski definition) is 3. The molecule has 1 saturated carbocycles. The number of hydrogen-bond donors (Lipinski definition) is 1. The molecule has 1 aliphatic carbocycles. The van der Waals surface area contributed by atoms with Crippen LogP contribution in [0.5, 0.6) is 0 Å². The van der Waals surface area contributed by atoms with Crippen LogP contribution in [0.15, 0.2) is 30.3 Å². The van der Waals surface area contributed by atoms with Crippen molar-refractivity contribution < 1.29 is 9.59 Å². The highest BCUT2D eigenvalue weighted by molar-refractivity contribution is 5.99. The predicted octanol–water partition coefficient (Wildman–Crippen LogP) is 4.96. The Bertz CT molecular complexity index is 986. The summed E-state index contributed by atoms with van der Waals surface area (Å²) in [6, 6.07) is 10.3. The molecular weight excluding hydrogens is 412 g/mol. The number of aromatic nitrogens is 2. The molecule has 2 aliphatic rings. The third-order valence-corrected chi connectivity index (χ3v) is 7.30. The van der Waals surface area contributed by atoms with E-state index in [0.717, 1.165) is 36.9 Å². The van der Waals surface area contributed by atoms with Crippen molar-refractivity contribution in [2.45, 2.75) is 103 Å². The van der Waals surface area contributed by atoms with Crippen LogP contribution in [0.3, 0.4) is 0 Å². The normalized spacial score (nSPS) is 22.1. The molecular formula is C27H38N4O2. The van der Waals surface area contributed by atoms with Crippen LogP contribution in [-0.2, 0) is 17.9 Å². The van der Waals surface area contributed by atoms with E-state index in [4.69, 9.17) is 5.10 Å². The molecule has 1 aromatic heterocycles. The number of rotatable bonds is 5. The van der Waals surface area contributed by atoms with Crippen LogP contribution in [0.25, 0.3) is 0 Å². The largest absolute Gasteiger partial charge is 0.351 e. The second-order valence-corrected chi connectivity index (χ2v) is 10.4. The average molecular weight is 451 g/mol. The molecule has 0 bridgehead atoms. The molecule has 33 heavy (non-hydrogen) atoms. The van der Waals surface area contributed by atoms with E-state index in [1.54, 1.807) is 9.58 Å². The number of benzene rings is 1. The van der Waals surface area contributed by atoms with Gasteiger partial charge in [0.15, 0.2) is 0 Å². The van der Waals surface area contributed by atoms with E-state index in [1.807, 2.05) is 32.0 Å². The minimum Gasteiger partial charge on any atom is -0.351 e. The first kappa shape index (κ1) is 23.5. The van der Waals surface area contributed by atoms with E-state index >= 15 is 0 Å². The summed E-state index contributed by atoms with van der Waals surface area (Å²) in [6.07, 6.45) is 8.07. The number of carbonyl (C=O) groups excluding carboxylic acids is 2. The molecule has 1 unspecified atom stereocenters. The summed E-state index contributed by atoms with van der Waals surface area (Å²) in [7, 11) is 0. The number of carbonyl (C=O) groups is 2. The number of aryl methyl sites for hydroxylation is 1. The fourth-order valence-electron chi connectivity index (χ4n) is 5.01. The second kappa shape index (κ2) is 9.70. The summed E-state index contributed by atoms with van der Waals surface area (Å²) in [6.45, 7) is 8.86. The van der Waals surface area contributed by atoms with Crippen LogP contribution >= 0.6 is 0 Å². The summed E-state index contributed by atoms with van der Waals surface area (Å²) in [5.41, 5.74) is 2.65. The van der Waals surface area contributed by atoms with E-state index in [1.165, 1.54) is 24.8 Å². The highest BCUT2D eigenvalue weighted by Gasteiger charge is 2.48. The van der Waals surface area contributed by atoms with Crippen molar-refractivity contribution in [1.82, 2.24) is 20.0 Å². The number of nitrogens with zero attached hydrogens (tertiary/aromatic N) is 3. The van der Waals surface area contributed by atoms with E-state index in [9.17, 15) is 9.59 Å². The molecule has 6 nitrogen and oxygen atoms in total. The first-order chi connectivity index (χ1) is 15.8. The zero-order valence-corrected chi connectivity index (χ0v) is 20.6. The molecule has 4 rings (SSSR count). The summed E-state index contributed by atoms with van der Waals surface area (Å²) in [4.78, 5) is 29.3. The molecule has 1 N–H and O–H groups in total. The zero-order chi connectivity index (χ0) is 23.6. The van der Waals surface area contributed by atoms with E-state index in [2.05, 4.69) is 31.3 Å². The van der Waals surface area contributed by atoms with Crippen molar-refractivity contribution in [2.24, 2.45) is 0 Å². The maximum Gasteiger partial charge on any atom is 0.273 e. The van der Waals surface area contributed by atoms with Crippen LogP contribution in [-0.4, -0.2) is 38.1 Å². The average Bonchev–Trinajstić information content (AvgIpc) is 3.18. The third-order valence-electron chi connectivity index (χ3n) is 7.30. The molecule has 2 aromatic rings. The lowest BCUT2D eigenvalue weighted by Crippen LogP contribution is -2.64. The molecule has 2 amide bonds. The molecule has 0 radical (unpaired) electrons. The Balaban J connectivity index is 1.65. The van der Waals surface area contributed by atoms with Gasteiger partial charge in [0.2, 0.25) is 5.91 Å². The lowest BCUT2D eigenvalue weighted by molar-refractivity contribution is -0.134. The van der Waals surface area contributed by atoms with E-state index in [0.29, 0.717) is 18.8 Å². The van der Waals surface area contributed by atoms with Crippen molar-refractivity contribution >= 4 is 11.8 Å². The topological polar surface area (TPSA) is 67.2 Å². The number of nitrogens with one attached hydrogen (secondary N) is 1. The predicted molar refractivity (Wildman–Crippen MR) is 130 cm³/mol. The van der Waals surface area contributed by atoms with Gasteiger partial charge in [0, 0.05) is 12.6 Å². The van der Waals surface area contributed by atoms with Gasteiger partial charge in [-0.25, -0.2) is 0 Å². The van der Waals surface area contributed by atoms with Crippen molar-refractivity contribution in [1.29, 1.82) is 0 Å². The van der Waals surface area contributed by atoms with Crippen molar-refractivity contribution in [3.8, 4) is 0 Å². The van der Waals surface area contributed by atoms with Gasteiger partial charge >= 0.3 is 0 Å². The summed E-state index contributed by atoms with van der Waals surface area (Å²) < 4.78 is 1.75. The smallest absolute Gasteiger partial charge is 0.273 e. The SMILES string of the molecule is Cc1ccc(CN2C(=O)c3cc(C(C)C)nn3CC2(C)C(=O)NC2CCCCCCC2)cc1. The van der Waals surface area contributed by atoms with Gasteiger partial charge in [-0.1, -0.05) is 75.8 Å². The second-order valence-electron chi connectivity index (χ2n) is 10.4. The van der Waals surface area contributed by atoms with Gasteiger partial charge in [-0.2, -0.15) is 5.10 Å². The van der Waals surface area contributed by atoms with E-state index in [-0.39, 0.29) is 23.8 Å². The van der Waals surface area contributed by atoms with Crippen LogP contribution in [0.1, 0.15) is 98.9 Å². The van der Waals surface area contributed by atoms with Crippen LogP contribution in [0.4, 0.5) is 0 Å². The Hall–Kier alpha value is -2.63. The highest BCUT2D eigenvalue weighted by atomic mass is 16.2. The van der Waals surface area contributed by atoms with Crippen molar-refractivity contribution in [3.63, 3.8) is 0 Å². The molecule has 1 atom stereocenters. The summed E-state index contributed by atoms with van der Waals surface area (Å²) in [5.74, 6) is 0.0220. The fourth-order valence-corrected chi connectivity index (χ4v) is 5.01. The van der Waals surface area contributed by atoms with Gasteiger partial charge in [0.05, 0.1) is 12.2 Å². The molecule has 0 spiro atoms. The van der Waals surface area contributed by atoms with Crippen LogP contribution in [0.2, 0.25) is 0 Å². The Kier molecular flexibility index (Phi) is 6.91. The molecule has 2 heterocycles. The maximum atomic E-state index is 13.8. The molecule has 1 aliphatic heterocycles. The molecule has 1 aromatic carbocycles. The maximum absolute atomic E-state index is 13.8. The van der Waals surface area contributed by atoms with Crippen molar-refractivity contribution in [2.75, 3.05) is 0 Å². The van der Waals surface area contributed by atoms with Crippen molar-refractivity contribution in [3.05, 3.63) is 52.8 Å². The highest BCUT2D eigenvalue weighted by Crippen LogP contribution is 2.31. The summed E-state index contributed by atoms with van der Waals surface area (Å²) in [5, 5.41) is 8.02. The van der Waals surface area contributed by atoms with Gasteiger partial charge in [-0.05, 0) is 44.2 Å². The molecule has 178 valence electrons. The van der Waals surface area contributed by atoms with Crippen LogP contribution in [0, 0.1) is 6.92 Å². The Labute approximate surface area is 197 Å². The first-order valence-corrected chi connectivity index (χ1v) is 12.5. The Morgan fingerprint density at radius 1 is 1.12 bits per heavy atom. The Morgan fingerprint density at radius 2 is 1.76 bits per heavy atom. The number of fused-ring (bicyclic) bond motifs is 1. The molecule has 6 heteroatoms. The minimum atomic E-state index is -1.00. The quantitative estimate of drug-likeness (QED) is 0.700. The van der Waals surface area contributed by atoms with E-state index < -0.39 is 5.54 Å². The lowest BCUT2D eigenvalue weighted by atomic mass is 9.91. The third kappa shape index (κ3) is 4.99. The first-order valence-electron chi connectivity index (χ1n) is 12.5. The molecule has 0 saturated heterocycles. The Morgan fingerprint density at radius 3 is 2.39 bits per heavy atom. The van der Waals surface area contributed by atoms with Gasteiger partial charge in [0.1, 0.15) is 11.2 Å². The lowest BCUT2D eigenvalue weighted by Gasteiger charge is -2.44. The minimum absolute atomic E-state index is 0.0687. The molecule has 1 fully saturated rings. The summed E-state index contributed by atoms with van der Waals surface area (Å²) >= 11 is 0. The van der Waals surface area contributed by atoms with Crippen LogP contribution < -0.4 is 5.32 Å². The van der Waals surface area contributed by atoms with Gasteiger partial charge < -0.3 is 10.2 Å². The van der Waals surface area contributed by atoms with Gasteiger partial charge in [0.25, 0.3) is 5.91 Å². The fraction of sp³-hybridized carbons (Fsp3) is 0.593. The number of amides is 2. The zero-order valence-electron chi connectivity index (χ0n) is 20.6. The van der Waals surface area contributed by atoms with Gasteiger partial charge in [-0.3, -0.25) is 14.3 Å². The van der Waals surface area contributed by atoms with Gasteiger partial charge in [-0.15, -0.1) is 0 Å². The standard InChI is InChI=1S/C27H38N4O2/c1-19(2)23-16-24-25(32)30(17-21-14-12-20(3)13-15-21)27(4,18-31(24)29-23)26(33)28-22-10-8-6-5-7-9-11-22/h12-16,19,22H,5-11,17-18H2,1-4H3,(H,28,33).